The molecule has 0 bridgehead atoms. The summed E-state index contributed by atoms with van der Waals surface area (Å²) < 4.78 is 61.5. The van der Waals surface area contributed by atoms with Gasteiger partial charge in [0.05, 0.1) is 19.8 Å². The fraction of sp³-hybridized carbons (Fsp3) is 0.455. The Labute approximate surface area is 230 Å². The quantitative estimate of drug-likeness (QED) is 0.202. The van der Waals surface area contributed by atoms with Crippen LogP contribution in [0.2, 0.25) is 0 Å². The van der Waals surface area contributed by atoms with Crippen LogP contribution in [-0.4, -0.2) is 26.1 Å². The van der Waals surface area contributed by atoms with E-state index in [-0.39, 0.29) is 29.3 Å². The zero-order valence-corrected chi connectivity index (χ0v) is 23.0. The number of rotatable bonds is 13. The van der Waals surface area contributed by atoms with E-state index in [2.05, 4.69) is 6.92 Å². The van der Waals surface area contributed by atoms with Gasteiger partial charge in [0.2, 0.25) is 5.82 Å². The van der Waals surface area contributed by atoms with E-state index in [1.165, 1.54) is 43.9 Å². The van der Waals surface area contributed by atoms with Gasteiger partial charge in [-0.15, -0.1) is 0 Å². The fourth-order valence-electron chi connectivity index (χ4n) is 4.88. The molecule has 39 heavy (non-hydrogen) atoms. The second kappa shape index (κ2) is 14.5. The van der Waals surface area contributed by atoms with Crippen molar-refractivity contribution in [3.63, 3.8) is 0 Å². The first-order chi connectivity index (χ1) is 19.0. The number of hydrogen-bond acceptors (Lipinski definition) is 3. The van der Waals surface area contributed by atoms with Crippen LogP contribution in [0.5, 0.6) is 5.75 Å². The summed E-state index contributed by atoms with van der Waals surface area (Å²) in [4.78, 5) is 0. The average Bonchev–Trinajstić information content (AvgIpc) is 2.96. The molecule has 4 rings (SSSR count). The zero-order chi connectivity index (χ0) is 27.6. The minimum Gasteiger partial charge on any atom is -0.490 e. The zero-order valence-electron chi connectivity index (χ0n) is 23.0. The van der Waals surface area contributed by atoms with Gasteiger partial charge in [0.1, 0.15) is 5.82 Å². The largest absolute Gasteiger partial charge is 0.490 e. The number of unbranched alkanes of at least 4 members (excludes halogenated alkanes) is 5. The molecule has 0 spiro atoms. The Morgan fingerprint density at radius 1 is 0.718 bits per heavy atom. The molecule has 3 nitrogen and oxygen atoms in total. The molecule has 1 heterocycles. The highest BCUT2D eigenvalue weighted by Gasteiger charge is 2.25. The molecule has 0 atom stereocenters. The summed E-state index contributed by atoms with van der Waals surface area (Å²) in [5, 5.41) is 0. The molecule has 0 saturated carbocycles. The van der Waals surface area contributed by atoms with E-state index < -0.39 is 11.6 Å². The van der Waals surface area contributed by atoms with Crippen molar-refractivity contribution in [2.45, 2.75) is 77.4 Å². The van der Waals surface area contributed by atoms with Gasteiger partial charge in [-0.1, -0.05) is 82.3 Å². The maximum absolute atomic E-state index is 15.1. The summed E-state index contributed by atoms with van der Waals surface area (Å²) in [5.41, 5.74) is 2.75. The molecule has 3 aromatic carbocycles. The average molecular weight is 541 g/mol. The Bertz CT molecular complexity index is 1190. The summed E-state index contributed by atoms with van der Waals surface area (Å²) in [5.74, 6) is -2.46. The highest BCUT2D eigenvalue weighted by Crippen LogP contribution is 2.33. The van der Waals surface area contributed by atoms with Gasteiger partial charge in [-0.3, -0.25) is 0 Å². The summed E-state index contributed by atoms with van der Waals surface area (Å²) in [6.45, 7) is 5.43. The standard InChI is InChI=1S/C33H39F3O3/c1-3-5-7-8-9-10-31-38-21-26(22-39-31)27-16-15-25(20-29(27)34)23-11-13-24(14-12-23)28-17-18-30(33(36)32(28)35)37-19-6-4-2/h11-18,20,26,31H,3-10,19,21-22H2,1-2H3. The Hall–Kier alpha value is -2.83. The second-order valence-corrected chi connectivity index (χ2v) is 10.3. The van der Waals surface area contributed by atoms with Gasteiger partial charge in [0.15, 0.2) is 17.9 Å². The van der Waals surface area contributed by atoms with Crippen LogP contribution in [0.25, 0.3) is 22.3 Å². The third-order valence-corrected chi connectivity index (χ3v) is 7.28. The van der Waals surface area contributed by atoms with Crippen molar-refractivity contribution in [2.24, 2.45) is 0 Å². The van der Waals surface area contributed by atoms with Gasteiger partial charge in [-0.05, 0) is 59.7 Å². The molecule has 1 aliphatic heterocycles. The molecule has 1 saturated heterocycles. The molecule has 1 fully saturated rings. The number of ether oxygens (including phenoxy) is 3. The van der Waals surface area contributed by atoms with Gasteiger partial charge in [-0.2, -0.15) is 4.39 Å². The van der Waals surface area contributed by atoms with Gasteiger partial charge < -0.3 is 14.2 Å². The third-order valence-electron chi connectivity index (χ3n) is 7.28. The van der Waals surface area contributed by atoms with Crippen LogP contribution < -0.4 is 4.74 Å². The lowest BCUT2D eigenvalue weighted by atomic mass is 9.95. The molecule has 0 amide bonds. The van der Waals surface area contributed by atoms with E-state index in [4.69, 9.17) is 14.2 Å². The minimum absolute atomic E-state index is 0.0800. The van der Waals surface area contributed by atoms with Gasteiger partial charge in [0.25, 0.3) is 0 Å². The van der Waals surface area contributed by atoms with Crippen LogP contribution in [0.15, 0.2) is 54.6 Å². The van der Waals surface area contributed by atoms with Crippen molar-refractivity contribution in [3.8, 4) is 28.0 Å². The molecular formula is C33H39F3O3. The van der Waals surface area contributed by atoms with E-state index >= 15 is 4.39 Å². The van der Waals surface area contributed by atoms with Gasteiger partial charge in [-0.25, -0.2) is 8.78 Å². The van der Waals surface area contributed by atoms with E-state index in [1.54, 1.807) is 30.3 Å². The van der Waals surface area contributed by atoms with Crippen molar-refractivity contribution >= 4 is 0 Å². The van der Waals surface area contributed by atoms with Gasteiger partial charge in [0, 0.05) is 11.5 Å². The number of hydrogen-bond donors (Lipinski definition) is 0. The summed E-state index contributed by atoms with van der Waals surface area (Å²) >= 11 is 0. The van der Waals surface area contributed by atoms with Crippen LogP contribution in [0.1, 0.15) is 76.7 Å². The van der Waals surface area contributed by atoms with E-state index in [1.807, 2.05) is 13.0 Å². The lowest BCUT2D eigenvalue weighted by molar-refractivity contribution is -0.190. The van der Waals surface area contributed by atoms with Crippen molar-refractivity contribution in [2.75, 3.05) is 19.8 Å². The van der Waals surface area contributed by atoms with Crippen molar-refractivity contribution in [3.05, 3.63) is 77.6 Å². The van der Waals surface area contributed by atoms with Crippen molar-refractivity contribution in [1.29, 1.82) is 0 Å². The fourth-order valence-corrected chi connectivity index (χ4v) is 4.88. The lowest BCUT2D eigenvalue weighted by Gasteiger charge is -2.30. The van der Waals surface area contributed by atoms with Crippen LogP contribution in [0.4, 0.5) is 13.2 Å². The summed E-state index contributed by atoms with van der Waals surface area (Å²) in [6.07, 6.45) is 8.34. The Kier molecular flexibility index (Phi) is 10.9. The van der Waals surface area contributed by atoms with Crippen LogP contribution in [0, 0.1) is 17.5 Å². The van der Waals surface area contributed by atoms with Gasteiger partial charge >= 0.3 is 0 Å². The molecule has 0 N–H and O–H groups in total. The van der Waals surface area contributed by atoms with Crippen LogP contribution >= 0.6 is 0 Å². The molecule has 0 aromatic heterocycles. The van der Waals surface area contributed by atoms with E-state index in [9.17, 15) is 8.78 Å². The second-order valence-electron chi connectivity index (χ2n) is 10.3. The highest BCUT2D eigenvalue weighted by molar-refractivity contribution is 5.71. The number of halogens is 3. The van der Waals surface area contributed by atoms with Crippen LogP contribution in [-0.2, 0) is 9.47 Å². The molecule has 6 heteroatoms. The molecule has 1 aliphatic rings. The Morgan fingerprint density at radius 2 is 1.38 bits per heavy atom. The minimum atomic E-state index is -0.987. The van der Waals surface area contributed by atoms with Crippen LogP contribution in [0.3, 0.4) is 0 Å². The first kappa shape index (κ1) is 29.2. The monoisotopic (exact) mass is 540 g/mol. The topological polar surface area (TPSA) is 27.7 Å². The molecular weight excluding hydrogens is 501 g/mol. The highest BCUT2D eigenvalue weighted by atomic mass is 19.2. The SMILES string of the molecule is CCCCCCCC1OCC(c2ccc(-c3ccc(-c4ccc(OCCCC)c(F)c4F)cc3)cc2F)CO1. The summed E-state index contributed by atoms with van der Waals surface area (Å²) in [7, 11) is 0. The normalized spacial score (nSPS) is 17.4. The first-order valence-corrected chi connectivity index (χ1v) is 14.3. The Morgan fingerprint density at radius 3 is 2.08 bits per heavy atom. The Balaban J connectivity index is 1.37. The van der Waals surface area contributed by atoms with Crippen molar-refractivity contribution < 1.29 is 27.4 Å². The van der Waals surface area contributed by atoms with E-state index in [0.29, 0.717) is 36.5 Å². The predicted octanol–water partition coefficient (Wildman–Crippen LogP) is 9.43. The molecule has 0 aliphatic carbocycles. The predicted molar refractivity (Wildman–Crippen MR) is 149 cm³/mol. The molecule has 0 radical (unpaired) electrons. The molecule has 0 unspecified atom stereocenters. The molecule has 210 valence electrons. The maximum Gasteiger partial charge on any atom is 0.201 e. The maximum atomic E-state index is 15.1. The number of benzene rings is 3. The lowest BCUT2D eigenvalue weighted by Crippen LogP contribution is -2.31. The smallest absolute Gasteiger partial charge is 0.201 e. The first-order valence-electron chi connectivity index (χ1n) is 14.3. The summed E-state index contributed by atoms with van der Waals surface area (Å²) in [6, 6.07) is 15.1. The molecule has 3 aromatic rings. The third kappa shape index (κ3) is 7.64. The van der Waals surface area contributed by atoms with Crippen molar-refractivity contribution in [1.82, 2.24) is 0 Å². The van der Waals surface area contributed by atoms with E-state index in [0.717, 1.165) is 31.2 Å².